The summed E-state index contributed by atoms with van der Waals surface area (Å²) in [5.41, 5.74) is 1.13. The Balaban J connectivity index is 1.94. The van der Waals surface area contributed by atoms with E-state index in [1.54, 1.807) is 0 Å². The van der Waals surface area contributed by atoms with Crippen LogP contribution < -0.4 is 5.32 Å². The Bertz CT molecular complexity index is 328. The Morgan fingerprint density at radius 1 is 1.50 bits per heavy atom. The fraction of sp³-hybridized carbons (Fsp3) is 0.400. The maximum atomic E-state index is 6.07. The number of benzene rings is 1. The first-order valence-corrected chi connectivity index (χ1v) is 5.68. The second-order valence-electron chi connectivity index (χ2n) is 3.35. The zero-order chi connectivity index (χ0) is 9.97. The van der Waals surface area contributed by atoms with Crippen LogP contribution in [0.15, 0.2) is 22.7 Å². The van der Waals surface area contributed by atoms with Gasteiger partial charge in [-0.25, -0.2) is 0 Å². The van der Waals surface area contributed by atoms with Crippen LogP contribution in [0.2, 0.25) is 5.02 Å². The van der Waals surface area contributed by atoms with E-state index in [-0.39, 0.29) is 0 Å². The highest BCUT2D eigenvalue weighted by atomic mass is 79.9. The van der Waals surface area contributed by atoms with Gasteiger partial charge < -0.3 is 10.1 Å². The standard InChI is InChI=1S/C10H11BrClNO/c11-8-2-1-7(10(12)3-8)4-13-9-5-14-6-9/h1-3,9,13H,4-6H2. The molecular formula is C10H11BrClNO. The van der Waals surface area contributed by atoms with Gasteiger partial charge in [0, 0.05) is 16.0 Å². The molecule has 1 aromatic rings. The average molecular weight is 277 g/mol. The molecule has 0 spiro atoms. The zero-order valence-electron chi connectivity index (χ0n) is 7.59. The molecule has 76 valence electrons. The van der Waals surface area contributed by atoms with Crippen LogP contribution in [-0.4, -0.2) is 19.3 Å². The van der Waals surface area contributed by atoms with Gasteiger partial charge in [-0.1, -0.05) is 33.6 Å². The second-order valence-corrected chi connectivity index (χ2v) is 4.67. The van der Waals surface area contributed by atoms with E-state index in [1.165, 1.54) is 0 Å². The van der Waals surface area contributed by atoms with Crippen molar-refractivity contribution in [2.45, 2.75) is 12.6 Å². The summed E-state index contributed by atoms with van der Waals surface area (Å²) in [6.07, 6.45) is 0. The molecule has 14 heavy (non-hydrogen) atoms. The lowest BCUT2D eigenvalue weighted by Crippen LogP contribution is -2.45. The third-order valence-electron chi connectivity index (χ3n) is 2.23. The van der Waals surface area contributed by atoms with Gasteiger partial charge in [-0.15, -0.1) is 0 Å². The predicted octanol–water partition coefficient (Wildman–Crippen LogP) is 2.59. The molecule has 0 aliphatic carbocycles. The molecule has 0 amide bonds. The maximum Gasteiger partial charge on any atom is 0.0643 e. The summed E-state index contributed by atoms with van der Waals surface area (Å²) < 4.78 is 6.08. The predicted molar refractivity (Wildman–Crippen MR) is 60.6 cm³/mol. The lowest BCUT2D eigenvalue weighted by atomic mass is 10.2. The van der Waals surface area contributed by atoms with Gasteiger partial charge in [-0.05, 0) is 17.7 Å². The largest absolute Gasteiger partial charge is 0.378 e. The molecule has 0 unspecified atom stereocenters. The van der Waals surface area contributed by atoms with Crippen LogP contribution in [0.1, 0.15) is 5.56 Å². The Morgan fingerprint density at radius 3 is 2.86 bits per heavy atom. The minimum atomic E-state index is 0.495. The second kappa shape index (κ2) is 4.62. The van der Waals surface area contributed by atoms with Crippen molar-refractivity contribution in [3.05, 3.63) is 33.3 Å². The fourth-order valence-electron chi connectivity index (χ4n) is 1.27. The third kappa shape index (κ3) is 2.48. The molecule has 0 atom stereocenters. The third-order valence-corrected chi connectivity index (χ3v) is 3.08. The molecule has 0 radical (unpaired) electrons. The minimum absolute atomic E-state index is 0.495. The molecule has 1 heterocycles. The van der Waals surface area contributed by atoms with Crippen LogP contribution in [0.4, 0.5) is 0 Å². The Labute approximate surface area is 96.7 Å². The van der Waals surface area contributed by atoms with E-state index >= 15 is 0 Å². The summed E-state index contributed by atoms with van der Waals surface area (Å²) in [6.45, 7) is 2.43. The molecule has 1 saturated heterocycles. The van der Waals surface area contributed by atoms with E-state index in [9.17, 15) is 0 Å². The summed E-state index contributed by atoms with van der Waals surface area (Å²) in [4.78, 5) is 0. The molecule has 1 fully saturated rings. The van der Waals surface area contributed by atoms with E-state index in [0.29, 0.717) is 6.04 Å². The highest BCUT2D eigenvalue weighted by Gasteiger charge is 2.17. The van der Waals surface area contributed by atoms with Crippen molar-refractivity contribution in [1.82, 2.24) is 5.32 Å². The molecule has 0 aromatic heterocycles. The molecule has 1 aliphatic heterocycles. The summed E-state index contributed by atoms with van der Waals surface area (Å²) >= 11 is 9.45. The van der Waals surface area contributed by atoms with Crippen LogP contribution in [0.25, 0.3) is 0 Å². The number of ether oxygens (including phenoxy) is 1. The molecule has 1 N–H and O–H groups in total. The van der Waals surface area contributed by atoms with Gasteiger partial charge in [-0.2, -0.15) is 0 Å². The van der Waals surface area contributed by atoms with Gasteiger partial charge in [-0.3, -0.25) is 0 Å². The number of halogens is 2. The molecule has 1 aliphatic rings. The van der Waals surface area contributed by atoms with Gasteiger partial charge in [0.25, 0.3) is 0 Å². The van der Waals surface area contributed by atoms with E-state index < -0.39 is 0 Å². The van der Waals surface area contributed by atoms with Crippen molar-refractivity contribution in [2.75, 3.05) is 13.2 Å². The number of rotatable bonds is 3. The summed E-state index contributed by atoms with van der Waals surface area (Å²) in [6, 6.07) is 6.43. The van der Waals surface area contributed by atoms with E-state index in [1.807, 2.05) is 18.2 Å². The van der Waals surface area contributed by atoms with Crippen molar-refractivity contribution < 1.29 is 4.74 Å². The van der Waals surface area contributed by atoms with Crippen molar-refractivity contribution >= 4 is 27.5 Å². The number of nitrogens with one attached hydrogen (secondary N) is 1. The van der Waals surface area contributed by atoms with Gasteiger partial charge >= 0.3 is 0 Å². The average Bonchev–Trinajstić information content (AvgIpc) is 2.05. The van der Waals surface area contributed by atoms with Crippen molar-refractivity contribution in [3.8, 4) is 0 Å². The molecule has 1 aromatic carbocycles. The lowest BCUT2D eigenvalue weighted by Gasteiger charge is -2.27. The topological polar surface area (TPSA) is 21.3 Å². The summed E-state index contributed by atoms with van der Waals surface area (Å²) in [7, 11) is 0. The highest BCUT2D eigenvalue weighted by Crippen LogP contribution is 2.21. The van der Waals surface area contributed by atoms with Crippen molar-refractivity contribution in [3.63, 3.8) is 0 Å². The Kier molecular flexibility index (Phi) is 3.44. The minimum Gasteiger partial charge on any atom is -0.378 e. The molecule has 2 nitrogen and oxygen atoms in total. The molecule has 0 saturated carbocycles. The summed E-state index contributed by atoms with van der Waals surface area (Å²) in [5, 5.41) is 4.17. The highest BCUT2D eigenvalue weighted by molar-refractivity contribution is 9.10. The van der Waals surface area contributed by atoms with Gasteiger partial charge in [0.05, 0.1) is 19.3 Å². The van der Waals surface area contributed by atoms with Crippen molar-refractivity contribution in [1.29, 1.82) is 0 Å². The van der Waals surface area contributed by atoms with Crippen LogP contribution in [0.5, 0.6) is 0 Å². The normalized spacial score (nSPS) is 16.7. The van der Waals surface area contributed by atoms with Crippen molar-refractivity contribution in [2.24, 2.45) is 0 Å². The quantitative estimate of drug-likeness (QED) is 0.916. The molecule has 4 heteroatoms. The molecular weight excluding hydrogens is 265 g/mol. The summed E-state index contributed by atoms with van der Waals surface area (Å²) in [5.74, 6) is 0. The molecule has 2 rings (SSSR count). The molecule has 0 bridgehead atoms. The first-order valence-electron chi connectivity index (χ1n) is 4.51. The van der Waals surface area contributed by atoms with E-state index in [2.05, 4.69) is 21.2 Å². The monoisotopic (exact) mass is 275 g/mol. The van der Waals surface area contributed by atoms with Gasteiger partial charge in [0.1, 0.15) is 0 Å². The SMILES string of the molecule is Clc1cc(Br)ccc1CNC1COC1. The Morgan fingerprint density at radius 2 is 2.29 bits per heavy atom. The number of hydrogen-bond acceptors (Lipinski definition) is 2. The maximum absolute atomic E-state index is 6.07. The zero-order valence-corrected chi connectivity index (χ0v) is 9.94. The van der Waals surface area contributed by atoms with Crippen LogP contribution in [-0.2, 0) is 11.3 Å². The Hall–Kier alpha value is -0.0900. The van der Waals surface area contributed by atoms with Crippen LogP contribution in [0, 0.1) is 0 Å². The fourth-order valence-corrected chi connectivity index (χ4v) is 2.01. The van der Waals surface area contributed by atoms with Crippen LogP contribution in [0.3, 0.4) is 0 Å². The van der Waals surface area contributed by atoms with Crippen LogP contribution >= 0.6 is 27.5 Å². The number of hydrogen-bond donors (Lipinski definition) is 1. The lowest BCUT2D eigenvalue weighted by molar-refractivity contribution is -0.00578. The van der Waals surface area contributed by atoms with E-state index in [4.69, 9.17) is 16.3 Å². The van der Waals surface area contributed by atoms with Gasteiger partial charge in [0.2, 0.25) is 0 Å². The first-order chi connectivity index (χ1) is 6.75. The van der Waals surface area contributed by atoms with Gasteiger partial charge in [0.15, 0.2) is 0 Å². The first kappa shape index (κ1) is 10.4. The van der Waals surface area contributed by atoms with E-state index in [0.717, 1.165) is 34.8 Å². The smallest absolute Gasteiger partial charge is 0.0643 e.